The molecular formula is C13H11N3O4. The number of aromatic carboxylic acids is 1. The molecule has 0 amide bonds. The van der Waals surface area contributed by atoms with E-state index in [0.29, 0.717) is 6.54 Å². The molecule has 0 fully saturated rings. The molecule has 0 atom stereocenters. The first-order valence-electron chi connectivity index (χ1n) is 5.73. The summed E-state index contributed by atoms with van der Waals surface area (Å²) in [6.07, 6.45) is 1.49. The summed E-state index contributed by atoms with van der Waals surface area (Å²) in [6, 6.07) is 9.00. The highest BCUT2D eigenvalue weighted by molar-refractivity contribution is 5.92. The number of nitro benzene ring substituents is 1. The largest absolute Gasteiger partial charge is 0.478 e. The zero-order valence-electron chi connectivity index (χ0n) is 10.3. The van der Waals surface area contributed by atoms with E-state index in [1.807, 2.05) is 0 Å². The number of hydrogen-bond acceptors (Lipinski definition) is 5. The number of rotatable bonds is 5. The molecule has 7 heteroatoms. The number of nitro groups is 1. The van der Waals surface area contributed by atoms with Crippen LogP contribution in [0.5, 0.6) is 0 Å². The second-order valence-electron chi connectivity index (χ2n) is 3.98. The van der Waals surface area contributed by atoms with Crippen molar-refractivity contribution in [3.63, 3.8) is 0 Å². The van der Waals surface area contributed by atoms with E-state index >= 15 is 0 Å². The minimum absolute atomic E-state index is 0.0119. The summed E-state index contributed by atoms with van der Waals surface area (Å²) in [5.74, 6) is -0.803. The van der Waals surface area contributed by atoms with E-state index in [0.717, 1.165) is 5.56 Å². The monoisotopic (exact) mass is 273 g/mol. The Bertz CT molecular complexity index is 640. The molecule has 0 unspecified atom stereocenters. The third-order valence-electron chi connectivity index (χ3n) is 2.65. The summed E-state index contributed by atoms with van der Waals surface area (Å²) in [5, 5.41) is 22.4. The molecule has 1 aromatic carbocycles. The average Bonchev–Trinajstić information content (AvgIpc) is 2.45. The first-order valence-corrected chi connectivity index (χ1v) is 5.73. The molecule has 1 heterocycles. The normalized spacial score (nSPS) is 10.0. The first-order chi connectivity index (χ1) is 9.58. The summed E-state index contributed by atoms with van der Waals surface area (Å²) in [6.45, 7) is 0.329. The van der Waals surface area contributed by atoms with Crippen LogP contribution in [-0.4, -0.2) is 21.0 Å². The van der Waals surface area contributed by atoms with Crippen molar-refractivity contribution in [1.82, 2.24) is 4.98 Å². The average molecular weight is 273 g/mol. The van der Waals surface area contributed by atoms with Gasteiger partial charge in [0, 0.05) is 24.9 Å². The summed E-state index contributed by atoms with van der Waals surface area (Å²) >= 11 is 0. The van der Waals surface area contributed by atoms with E-state index in [1.54, 1.807) is 18.2 Å². The van der Waals surface area contributed by atoms with Crippen molar-refractivity contribution >= 4 is 17.5 Å². The summed E-state index contributed by atoms with van der Waals surface area (Å²) < 4.78 is 0. The number of carboxylic acid groups (broad SMARTS) is 1. The van der Waals surface area contributed by atoms with Gasteiger partial charge in [-0.25, -0.2) is 9.78 Å². The predicted molar refractivity (Wildman–Crippen MR) is 71.6 cm³/mol. The highest BCUT2D eigenvalue weighted by Gasteiger charge is 2.10. The van der Waals surface area contributed by atoms with Gasteiger partial charge >= 0.3 is 5.97 Å². The molecule has 0 aliphatic heterocycles. The van der Waals surface area contributed by atoms with E-state index in [4.69, 9.17) is 5.11 Å². The fraction of sp³-hybridized carbons (Fsp3) is 0.0769. The van der Waals surface area contributed by atoms with Crippen LogP contribution in [-0.2, 0) is 6.54 Å². The Labute approximate surface area is 114 Å². The molecule has 0 spiro atoms. The van der Waals surface area contributed by atoms with Gasteiger partial charge in [-0.15, -0.1) is 0 Å². The summed E-state index contributed by atoms with van der Waals surface area (Å²) in [7, 11) is 0. The van der Waals surface area contributed by atoms with Crippen molar-refractivity contribution in [3.8, 4) is 0 Å². The minimum atomic E-state index is -1.07. The zero-order chi connectivity index (χ0) is 14.5. The number of pyridine rings is 1. The lowest BCUT2D eigenvalue weighted by Gasteiger charge is -2.08. The number of nitrogens with one attached hydrogen (secondary N) is 1. The maximum absolute atomic E-state index is 11.0. The molecule has 2 aromatic rings. The molecule has 0 aliphatic carbocycles. The minimum Gasteiger partial charge on any atom is -0.478 e. The van der Waals surface area contributed by atoms with Crippen molar-refractivity contribution in [2.75, 3.05) is 5.32 Å². The number of aromatic nitrogens is 1. The molecule has 0 saturated heterocycles. The second-order valence-corrected chi connectivity index (χ2v) is 3.98. The lowest BCUT2D eigenvalue weighted by Crippen LogP contribution is -2.08. The third kappa shape index (κ3) is 3.08. The van der Waals surface area contributed by atoms with E-state index in [1.165, 1.54) is 24.4 Å². The van der Waals surface area contributed by atoms with Crippen LogP contribution in [0.2, 0.25) is 0 Å². The zero-order valence-corrected chi connectivity index (χ0v) is 10.3. The van der Waals surface area contributed by atoms with Crippen LogP contribution >= 0.6 is 0 Å². The standard InChI is InChI=1S/C13H11N3O4/c17-13(18)11-2-1-7-14-12(11)15-8-9-3-5-10(6-4-9)16(19)20/h1-7H,8H2,(H,14,15)(H,17,18). The molecule has 2 N–H and O–H groups in total. The number of carbonyl (C=O) groups is 1. The maximum Gasteiger partial charge on any atom is 0.339 e. The number of hydrogen-bond donors (Lipinski definition) is 2. The predicted octanol–water partition coefficient (Wildman–Crippen LogP) is 2.30. The maximum atomic E-state index is 11.0. The van der Waals surface area contributed by atoms with Gasteiger partial charge in [-0.1, -0.05) is 12.1 Å². The van der Waals surface area contributed by atoms with E-state index in [2.05, 4.69) is 10.3 Å². The van der Waals surface area contributed by atoms with Crippen molar-refractivity contribution in [3.05, 3.63) is 63.8 Å². The fourth-order valence-corrected chi connectivity index (χ4v) is 1.64. The number of anilines is 1. The van der Waals surface area contributed by atoms with Gasteiger partial charge in [-0.05, 0) is 17.7 Å². The van der Waals surface area contributed by atoms with Gasteiger partial charge in [0.2, 0.25) is 0 Å². The number of non-ortho nitro benzene ring substituents is 1. The van der Waals surface area contributed by atoms with Crippen molar-refractivity contribution in [2.24, 2.45) is 0 Å². The quantitative estimate of drug-likeness (QED) is 0.639. The van der Waals surface area contributed by atoms with E-state index in [-0.39, 0.29) is 17.1 Å². The molecule has 1 aromatic heterocycles. The van der Waals surface area contributed by atoms with Crippen molar-refractivity contribution < 1.29 is 14.8 Å². The van der Waals surface area contributed by atoms with Gasteiger partial charge < -0.3 is 10.4 Å². The topological polar surface area (TPSA) is 105 Å². The first kappa shape index (κ1) is 13.5. The lowest BCUT2D eigenvalue weighted by molar-refractivity contribution is -0.384. The molecule has 7 nitrogen and oxygen atoms in total. The highest BCUT2D eigenvalue weighted by atomic mass is 16.6. The van der Waals surface area contributed by atoms with Crippen LogP contribution in [0, 0.1) is 10.1 Å². The number of nitrogens with zero attached hydrogens (tertiary/aromatic N) is 2. The second kappa shape index (κ2) is 5.79. The Morgan fingerprint density at radius 1 is 1.30 bits per heavy atom. The lowest BCUT2D eigenvalue weighted by atomic mass is 10.2. The van der Waals surface area contributed by atoms with Crippen molar-refractivity contribution in [1.29, 1.82) is 0 Å². The van der Waals surface area contributed by atoms with Crippen LogP contribution < -0.4 is 5.32 Å². The summed E-state index contributed by atoms with van der Waals surface area (Å²) in [4.78, 5) is 25.0. The van der Waals surface area contributed by atoms with Gasteiger partial charge in [-0.3, -0.25) is 10.1 Å². The molecule has 20 heavy (non-hydrogen) atoms. The smallest absolute Gasteiger partial charge is 0.339 e. The van der Waals surface area contributed by atoms with Gasteiger partial charge in [0.15, 0.2) is 0 Å². The molecule has 102 valence electrons. The molecule has 2 rings (SSSR count). The van der Waals surface area contributed by atoms with E-state index < -0.39 is 10.9 Å². The van der Waals surface area contributed by atoms with Crippen LogP contribution in [0.4, 0.5) is 11.5 Å². The molecular weight excluding hydrogens is 262 g/mol. The highest BCUT2D eigenvalue weighted by Crippen LogP contribution is 2.15. The number of benzene rings is 1. The number of carboxylic acids is 1. The molecule has 0 bridgehead atoms. The van der Waals surface area contributed by atoms with Crippen molar-refractivity contribution in [2.45, 2.75) is 6.54 Å². The Kier molecular flexibility index (Phi) is 3.90. The Morgan fingerprint density at radius 3 is 2.60 bits per heavy atom. The SMILES string of the molecule is O=C(O)c1cccnc1NCc1ccc([N+](=O)[O-])cc1. The third-order valence-corrected chi connectivity index (χ3v) is 2.65. The van der Waals surface area contributed by atoms with Crippen LogP contribution in [0.25, 0.3) is 0 Å². The Balaban J connectivity index is 2.09. The van der Waals surface area contributed by atoms with E-state index in [9.17, 15) is 14.9 Å². The van der Waals surface area contributed by atoms with Crippen LogP contribution in [0.3, 0.4) is 0 Å². The molecule has 0 saturated carbocycles. The Hall–Kier alpha value is -2.96. The summed E-state index contributed by atoms with van der Waals surface area (Å²) in [5.41, 5.74) is 0.879. The van der Waals surface area contributed by atoms with Gasteiger partial charge in [0.25, 0.3) is 5.69 Å². The molecule has 0 radical (unpaired) electrons. The van der Waals surface area contributed by atoms with Gasteiger partial charge in [-0.2, -0.15) is 0 Å². The molecule has 0 aliphatic rings. The van der Waals surface area contributed by atoms with Crippen LogP contribution in [0.15, 0.2) is 42.6 Å². The van der Waals surface area contributed by atoms with Crippen LogP contribution in [0.1, 0.15) is 15.9 Å². The van der Waals surface area contributed by atoms with Gasteiger partial charge in [0.1, 0.15) is 11.4 Å². The van der Waals surface area contributed by atoms with Gasteiger partial charge in [0.05, 0.1) is 4.92 Å². The Morgan fingerprint density at radius 2 is 2.00 bits per heavy atom. The fourth-order valence-electron chi connectivity index (χ4n) is 1.64.